The van der Waals surface area contributed by atoms with Crippen LogP contribution in [-0.4, -0.2) is 33.4 Å². The Morgan fingerprint density at radius 2 is 2.09 bits per heavy atom. The van der Waals surface area contributed by atoms with Crippen LogP contribution < -0.4 is 5.32 Å². The minimum Gasteiger partial charge on any atom is -0.355 e. The van der Waals surface area contributed by atoms with Crippen molar-refractivity contribution in [2.75, 3.05) is 12.3 Å². The summed E-state index contributed by atoms with van der Waals surface area (Å²) in [7, 11) is 0. The highest BCUT2D eigenvalue weighted by Gasteiger charge is 2.16. The largest absolute Gasteiger partial charge is 0.355 e. The summed E-state index contributed by atoms with van der Waals surface area (Å²) in [5, 5.41) is 10.8. The number of aromatic amines is 1. The van der Waals surface area contributed by atoms with Gasteiger partial charge in [-0.3, -0.25) is 9.89 Å². The van der Waals surface area contributed by atoms with Crippen LogP contribution in [0.1, 0.15) is 65.1 Å². The zero-order valence-electron chi connectivity index (χ0n) is 14.7. The van der Waals surface area contributed by atoms with E-state index in [1.54, 1.807) is 0 Å². The second kappa shape index (κ2) is 8.71. The molecule has 1 saturated carbocycles. The van der Waals surface area contributed by atoms with E-state index in [1.807, 2.05) is 0 Å². The Balaban J connectivity index is 1.62. The molecular weight excluding hydrogens is 308 g/mol. The maximum atomic E-state index is 11.8. The standard InChI is InChI=1S/C17H30N4OS/c1-17(2,3)10-11-18-15(22)12-23-16-19-14(20-21-16)9-8-13-6-4-5-7-13/h13H,4-12H2,1-3H3,(H,18,22)(H,19,20,21). The molecule has 5 nitrogen and oxygen atoms in total. The zero-order valence-corrected chi connectivity index (χ0v) is 15.5. The van der Waals surface area contributed by atoms with E-state index in [-0.39, 0.29) is 11.3 Å². The Labute approximate surface area is 143 Å². The van der Waals surface area contributed by atoms with Crippen LogP contribution >= 0.6 is 11.8 Å². The second-order valence-corrected chi connectivity index (χ2v) is 8.65. The number of carbonyl (C=O) groups is 1. The Morgan fingerprint density at radius 1 is 1.35 bits per heavy atom. The molecule has 1 aliphatic rings. The van der Waals surface area contributed by atoms with E-state index >= 15 is 0 Å². The Hall–Kier alpha value is -1.04. The topological polar surface area (TPSA) is 70.7 Å². The average Bonchev–Trinajstić information content (AvgIpc) is 3.13. The number of aryl methyl sites for hydroxylation is 1. The van der Waals surface area contributed by atoms with Gasteiger partial charge in [-0.05, 0) is 24.2 Å². The summed E-state index contributed by atoms with van der Waals surface area (Å²) in [5.74, 6) is 2.25. The number of thioether (sulfide) groups is 1. The summed E-state index contributed by atoms with van der Waals surface area (Å²) < 4.78 is 0. The molecular formula is C17H30N4OS. The van der Waals surface area contributed by atoms with Gasteiger partial charge in [-0.1, -0.05) is 58.2 Å². The van der Waals surface area contributed by atoms with Gasteiger partial charge in [-0.15, -0.1) is 5.10 Å². The summed E-state index contributed by atoms with van der Waals surface area (Å²) in [6.07, 6.45) is 8.64. The predicted molar refractivity (Wildman–Crippen MR) is 94.5 cm³/mol. The minimum absolute atomic E-state index is 0.0524. The first kappa shape index (κ1) is 18.3. The summed E-state index contributed by atoms with van der Waals surface area (Å²) >= 11 is 1.40. The molecule has 0 aromatic carbocycles. The quantitative estimate of drug-likeness (QED) is 0.711. The number of carbonyl (C=O) groups excluding carboxylic acids is 1. The molecule has 1 aliphatic carbocycles. The third-order valence-electron chi connectivity index (χ3n) is 4.30. The molecule has 0 unspecified atom stereocenters. The van der Waals surface area contributed by atoms with Crippen molar-refractivity contribution in [2.45, 2.75) is 70.9 Å². The highest BCUT2D eigenvalue weighted by Crippen LogP contribution is 2.28. The zero-order chi connectivity index (χ0) is 16.7. The van der Waals surface area contributed by atoms with Gasteiger partial charge in [0.15, 0.2) is 0 Å². The van der Waals surface area contributed by atoms with E-state index in [2.05, 4.69) is 41.3 Å². The van der Waals surface area contributed by atoms with Crippen molar-refractivity contribution in [1.29, 1.82) is 0 Å². The number of H-pyrrole nitrogens is 1. The Kier molecular flexibility index (Phi) is 6.93. The van der Waals surface area contributed by atoms with Crippen LogP contribution in [-0.2, 0) is 11.2 Å². The van der Waals surface area contributed by atoms with Crippen molar-refractivity contribution in [3.05, 3.63) is 5.82 Å². The van der Waals surface area contributed by atoms with E-state index < -0.39 is 0 Å². The molecule has 0 saturated heterocycles. The van der Waals surface area contributed by atoms with Gasteiger partial charge >= 0.3 is 0 Å². The fourth-order valence-electron chi connectivity index (χ4n) is 2.85. The molecule has 0 bridgehead atoms. The first-order chi connectivity index (χ1) is 10.9. The fraction of sp³-hybridized carbons (Fsp3) is 0.824. The summed E-state index contributed by atoms with van der Waals surface area (Å²) in [4.78, 5) is 16.3. The maximum absolute atomic E-state index is 11.8. The molecule has 23 heavy (non-hydrogen) atoms. The van der Waals surface area contributed by atoms with Gasteiger partial charge in [0.05, 0.1) is 5.75 Å². The number of amides is 1. The van der Waals surface area contributed by atoms with Crippen molar-refractivity contribution in [1.82, 2.24) is 20.5 Å². The van der Waals surface area contributed by atoms with Gasteiger partial charge in [0.2, 0.25) is 11.1 Å². The number of hydrogen-bond donors (Lipinski definition) is 2. The van der Waals surface area contributed by atoms with E-state index in [1.165, 1.54) is 43.9 Å². The van der Waals surface area contributed by atoms with E-state index in [0.29, 0.717) is 10.9 Å². The van der Waals surface area contributed by atoms with Gasteiger partial charge in [-0.25, -0.2) is 4.98 Å². The van der Waals surface area contributed by atoms with Crippen molar-refractivity contribution >= 4 is 17.7 Å². The highest BCUT2D eigenvalue weighted by atomic mass is 32.2. The number of rotatable bonds is 8. The lowest BCUT2D eigenvalue weighted by molar-refractivity contribution is -0.118. The van der Waals surface area contributed by atoms with Crippen LogP contribution in [0, 0.1) is 11.3 Å². The summed E-state index contributed by atoms with van der Waals surface area (Å²) in [6.45, 7) is 7.25. The number of nitrogens with zero attached hydrogens (tertiary/aromatic N) is 2. The van der Waals surface area contributed by atoms with Crippen molar-refractivity contribution < 1.29 is 4.79 Å². The van der Waals surface area contributed by atoms with E-state index in [4.69, 9.17) is 0 Å². The van der Waals surface area contributed by atoms with Crippen LogP contribution in [0.15, 0.2) is 5.16 Å². The molecule has 130 valence electrons. The lowest BCUT2D eigenvalue weighted by Gasteiger charge is -2.17. The van der Waals surface area contributed by atoms with Crippen molar-refractivity contribution in [2.24, 2.45) is 11.3 Å². The number of nitrogens with one attached hydrogen (secondary N) is 2. The molecule has 1 aromatic rings. The van der Waals surface area contributed by atoms with Gasteiger partial charge in [0, 0.05) is 13.0 Å². The van der Waals surface area contributed by atoms with Crippen LogP contribution in [0.4, 0.5) is 0 Å². The fourth-order valence-corrected chi connectivity index (χ4v) is 3.50. The molecule has 0 radical (unpaired) electrons. The van der Waals surface area contributed by atoms with Crippen molar-refractivity contribution in [3.63, 3.8) is 0 Å². The number of hydrogen-bond acceptors (Lipinski definition) is 4. The van der Waals surface area contributed by atoms with Crippen LogP contribution in [0.25, 0.3) is 0 Å². The van der Waals surface area contributed by atoms with Gasteiger partial charge in [0.1, 0.15) is 5.82 Å². The normalized spacial score (nSPS) is 16.0. The molecule has 1 fully saturated rings. The molecule has 6 heteroatoms. The second-order valence-electron chi connectivity index (χ2n) is 7.70. The van der Waals surface area contributed by atoms with Crippen molar-refractivity contribution in [3.8, 4) is 0 Å². The van der Waals surface area contributed by atoms with Gasteiger partial charge < -0.3 is 5.32 Å². The lowest BCUT2D eigenvalue weighted by Crippen LogP contribution is -2.28. The third kappa shape index (κ3) is 7.38. The molecule has 2 N–H and O–H groups in total. The molecule has 1 aromatic heterocycles. The Morgan fingerprint density at radius 3 is 2.78 bits per heavy atom. The maximum Gasteiger partial charge on any atom is 0.230 e. The summed E-state index contributed by atoms with van der Waals surface area (Å²) in [5.41, 5.74) is 0.248. The van der Waals surface area contributed by atoms with E-state index in [9.17, 15) is 4.79 Å². The highest BCUT2D eigenvalue weighted by molar-refractivity contribution is 7.99. The molecule has 0 atom stereocenters. The van der Waals surface area contributed by atoms with Crippen LogP contribution in [0.3, 0.4) is 0 Å². The van der Waals surface area contributed by atoms with Gasteiger partial charge in [-0.2, -0.15) is 0 Å². The SMILES string of the molecule is CC(C)(C)CCNC(=O)CSc1n[nH]c(CCC2CCCC2)n1. The first-order valence-corrected chi connectivity index (χ1v) is 9.72. The van der Waals surface area contributed by atoms with Crippen LogP contribution in [0.2, 0.25) is 0 Å². The smallest absolute Gasteiger partial charge is 0.230 e. The van der Waals surface area contributed by atoms with E-state index in [0.717, 1.165) is 31.1 Å². The molecule has 1 heterocycles. The lowest BCUT2D eigenvalue weighted by atomic mass is 9.92. The predicted octanol–water partition coefficient (Wildman–Crippen LogP) is 3.57. The molecule has 0 aliphatic heterocycles. The van der Waals surface area contributed by atoms with Crippen LogP contribution in [0.5, 0.6) is 0 Å². The van der Waals surface area contributed by atoms with Gasteiger partial charge in [0.25, 0.3) is 0 Å². The first-order valence-electron chi connectivity index (χ1n) is 8.73. The molecule has 0 spiro atoms. The Bertz CT molecular complexity index is 489. The number of aromatic nitrogens is 3. The summed E-state index contributed by atoms with van der Waals surface area (Å²) in [6, 6.07) is 0. The molecule has 1 amide bonds. The third-order valence-corrected chi connectivity index (χ3v) is 5.15. The average molecular weight is 339 g/mol. The monoisotopic (exact) mass is 338 g/mol. The molecule has 2 rings (SSSR count). The minimum atomic E-state index is 0.0524.